The van der Waals surface area contributed by atoms with Gasteiger partial charge in [0, 0.05) is 17.8 Å². The molecule has 0 bridgehead atoms. The molecule has 6 heteroatoms. The van der Waals surface area contributed by atoms with Crippen LogP contribution in [-0.2, 0) is 0 Å². The first kappa shape index (κ1) is 12.8. The number of aliphatic hydroxyl groups excluding tert-OH is 1. The van der Waals surface area contributed by atoms with Crippen molar-refractivity contribution in [2.24, 2.45) is 0 Å². The van der Waals surface area contributed by atoms with Gasteiger partial charge in [-0.25, -0.2) is 4.98 Å². The first-order chi connectivity index (χ1) is 8.66. The van der Waals surface area contributed by atoms with Crippen molar-refractivity contribution in [3.8, 4) is 0 Å². The quantitative estimate of drug-likeness (QED) is 0.867. The second-order valence-corrected chi connectivity index (χ2v) is 4.73. The molecule has 2 aromatic rings. The Kier molecular flexibility index (Phi) is 4.11. The summed E-state index contributed by atoms with van der Waals surface area (Å²) in [5.41, 5.74) is 2.01. The standard InChI is InChI=1S/C12H14N2O3S/c1-8(5-10(15)11-3-2-4-17-11)14-12(16)9-6-18-7-13-9/h2-4,6-8,10,15H,5H2,1H3,(H,14,16). The summed E-state index contributed by atoms with van der Waals surface area (Å²) in [7, 11) is 0. The lowest BCUT2D eigenvalue weighted by atomic mass is 10.1. The minimum absolute atomic E-state index is 0.167. The van der Waals surface area contributed by atoms with E-state index in [1.807, 2.05) is 6.92 Å². The van der Waals surface area contributed by atoms with Crippen LogP contribution in [0.4, 0.5) is 0 Å². The van der Waals surface area contributed by atoms with Gasteiger partial charge in [0.15, 0.2) is 0 Å². The van der Waals surface area contributed by atoms with Gasteiger partial charge in [0.25, 0.3) is 5.91 Å². The molecule has 2 atom stereocenters. The monoisotopic (exact) mass is 266 g/mol. The number of amides is 1. The van der Waals surface area contributed by atoms with Crippen molar-refractivity contribution in [3.05, 3.63) is 40.7 Å². The van der Waals surface area contributed by atoms with Crippen LogP contribution >= 0.6 is 11.3 Å². The number of nitrogens with one attached hydrogen (secondary N) is 1. The molecule has 2 aromatic heterocycles. The van der Waals surface area contributed by atoms with Crippen molar-refractivity contribution in [1.29, 1.82) is 0 Å². The molecule has 0 saturated heterocycles. The van der Waals surface area contributed by atoms with Crippen LogP contribution in [0.5, 0.6) is 0 Å². The maximum atomic E-state index is 11.7. The molecular formula is C12H14N2O3S. The van der Waals surface area contributed by atoms with Crippen LogP contribution < -0.4 is 5.32 Å². The van der Waals surface area contributed by atoms with Crippen molar-refractivity contribution in [2.45, 2.75) is 25.5 Å². The molecular weight excluding hydrogens is 252 g/mol. The maximum Gasteiger partial charge on any atom is 0.270 e. The van der Waals surface area contributed by atoms with E-state index in [0.29, 0.717) is 17.9 Å². The number of nitrogens with zero attached hydrogens (tertiary/aromatic N) is 1. The summed E-state index contributed by atoms with van der Waals surface area (Å²) in [5.74, 6) is 0.278. The molecule has 18 heavy (non-hydrogen) atoms. The van der Waals surface area contributed by atoms with Crippen molar-refractivity contribution >= 4 is 17.2 Å². The normalized spacial score (nSPS) is 14.1. The number of hydrogen-bond acceptors (Lipinski definition) is 5. The molecule has 0 aliphatic rings. The summed E-state index contributed by atoms with van der Waals surface area (Å²) in [6, 6.07) is 3.26. The Morgan fingerprint density at radius 3 is 3.11 bits per heavy atom. The molecule has 2 heterocycles. The predicted octanol–water partition coefficient (Wildman–Crippen LogP) is 1.98. The van der Waals surface area contributed by atoms with E-state index < -0.39 is 6.10 Å². The second-order valence-electron chi connectivity index (χ2n) is 4.02. The minimum atomic E-state index is -0.717. The Morgan fingerprint density at radius 2 is 2.50 bits per heavy atom. The fraction of sp³-hybridized carbons (Fsp3) is 0.333. The van der Waals surface area contributed by atoms with E-state index in [2.05, 4.69) is 10.3 Å². The largest absolute Gasteiger partial charge is 0.467 e. The van der Waals surface area contributed by atoms with Crippen LogP contribution in [0.1, 0.15) is 35.7 Å². The van der Waals surface area contributed by atoms with E-state index in [0.717, 1.165) is 0 Å². The number of aliphatic hydroxyl groups is 1. The van der Waals surface area contributed by atoms with Gasteiger partial charge < -0.3 is 14.8 Å². The second kappa shape index (κ2) is 5.79. The van der Waals surface area contributed by atoms with Gasteiger partial charge in [-0.1, -0.05) is 0 Å². The number of thiazole rings is 1. The highest BCUT2D eigenvalue weighted by molar-refractivity contribution is 7.07. The number of aromatic nitrogens is 1. The lowest BCUT2D eigenvalue weighted by Gasteiger charge is -2.15. The number of carbonyl (C=O) groups excluding carboxylic acids is 1. The van der Waals surface area contributed by atoms with Gasteiger partial charge in [-0.3, -0.25) is 4.79 Å². The number of rotatable bonds is 5. The molecule has 96 valence electrons. The third kappa shape index (κ3) is 3.18. The molecule has 0 fully saturated rings. The van der Waals surface area contributed by atoms with Gasteiger partial charge in [0.1, 0.15) is 17.6 Å². The number of carbonyl (C=O) groups is 1. The fourth-order valence-electron chi connectivity index (χ4n) is 1.61. The third-order valence-corrected chi connectivity index (χ3v) is 3.08. The first-order valence-corrected chi connectivity index (χ1v) is 6.51. The molecule has 0 radical (unpaired) electrons. The Hall–Kier alpha value is -1.66. The molecule has 1 amide bonds. The van der Waals surface area contributed by atoms with Crippen molar-refractivity contribution in [2.75, 3.05) is 0 Å². The van der Waals surface area contributed by atoms with Crippen LogP contribution in [0.15, 0.2) is 33.7 Å². The summed E-state index contributed by atoms with van der Waals surface area (Å²) >= 11 is 1.37. The average Bonchev–Trinajstić information content (AvgIpc) is 3.02. The van der Waals surface area contributed by atoms with Gasteiger partial charge >= 0.3 is 0 Å². The molecule has 2 unspecified atom stereocenters. The van der Waals surface area contributed by atoms with Crippen molar-refractivity contribution < 1.29 is 14.3 Å². The zero-order valence-electron chi connectivity index (χ0n) is 9.87. The molecule has 0 aliphatic carbocycles. The van der Waals surface area contributed by atoms with Crippen molar-refractivity contribution in [1.82, 2.24) is 10.3 Å². The maximum absolute atomic E-state index is 11.7. The Labute approximate surface area is 108 Å². The van der Waals surface area contributed by atoms with Crippen LogP contribution in [0, 0.1) is 0 Å². The van der Waals surface area contributed by atoms with Gasteiger partial charge in [-0.05, 0) is 19.1 Å². The minimum Gasteiger partial charge on any atom is -0.467 e. The van der Waals surface area contributed by atoms with E-state index in [1.165, 1.54) is 17.6 Å². The zero-order chi connectivity index (χ0) is 13.0. The molecule has 0 spiro atoms. The predicted molar refractivity (Wildman–Crippen MR) is 67.3 cm³/mol. The van der Waals surface area contributed by atoms with E-state index >= 15 is 0 Å². The van der Waals surface area contributed by atoms with E-state index in [-0.39, 0.29) is 11.9 Å². The summed E-state index contributed by atoms with van der Waals surface area (Å²) in [6.07, 6.45) is 1.19. The molecule has 5 nitrogen and oxygen atoms in total. The number of furan rings is 1. The van der Waals surface area contributed by atoms with Crippen LogP contribution in [-0.4, -0.2) is 22.0 Å². The highest BCUT2D eigenvalue weighted by atomic mass is 32.1. The Morgan fingerprint density at radius 1 is 1.67 bits per heavy atom. The lowest BCUT2D eigenvalue weighted by Crippen LogP contribution is -2.33. The molecule has 0 aromatic carbocycles. The smallest absolute Gasteiger partial charge is 0.270 e. The van der Waals surface area contributed by atoms with Crippen LogP contribution in [0.3, 0.4) is 0 Å². The summed E-state index contributed by atoms with van der Waals surface area (Å²) < 4.78 is 5.10. The summed E-state index contributed by atoms with van der Waals surface area (Å²) in [6.45, 7) is 1.83. The SMILES string of the molecule is CC(CC(O)c1ccco1)NC(=O)c1cscn1. The molecule has 2 rings (SSSR count). The fourth-order valence-corrected chi connectivity index (χ4v) is 2.15. The topological polar surface area (TPSA) is 75.4 Å². The highest BCUT2D eigenvalue weighted by Gasteiger charge is 2.17. The first-order valence-electron chi connectivity index (χ1n) is 5.57. The van der Waals surface area contributed by atoms with Gasteiger partial charge in [0.05, 0.1) is 11.8 Å². The number of hydrogen-bond donors (Lipinski definition) is 2. The Balaban J connectivity index is 1.85. The molecule has 0 aliphatic heterocycles. The van der Waals surface area contributed by atoms with Crippen LogP contribution in [0.25, 0.3) is 0 Å². The summed E-state index contributed by atoms with van der Waals surface area (Å²) in [4.78, 5) is 15.6. The van der Waals surface area contributed by atoms with Crippen molar-refractivity contribution in [3.63, 3.8) is 0 Å². The van der Waals surface area contributed by atoms with Gasteiger partial charge in [-0.15, -0.1) is 11.3 Å². The molecule has 2 N–H and O–H groups in total. The van der Waals surface area contributed by atoms with E-state index in [4.69, 9.17) is 4.42 Å². The van der Waals surface area contributed by atoms with E-state index in [1.54, 1.807) is 23.0 Å². The summed E-state index contributed by atoms with van der Waals surface area (Å²) in [5, 5.41) is 14.3. The highest BCUT2D eigenvalue weighted by Crippen LogP contribution is 2.18. The van der Waals surface area contributed by atoms with Gasteiger partial charge in [0.2, 0.25) is 0 Å². The Bertz CT molecular complexity index is 481. The molecule has 0 saturated carbocycles. The zero-order valence-corrected chi connectivity index (χ0v) is 10.7. The average molecular weight is 266 g/mol. The van der Waals surface area contributed by atoms with Gasteiger partial charge in [-0.2, -0.15) is 0 Å². The lowest BCUT2D eigenvalue weighted by molar-refractivity contribution is 0.0899. The van der Waals surface area contributed by atoms with Crippen LogP contribution in [0.2, 0.25) is 0 Å². The van der Waals surface area contributed by atoms with E-state index in [9.17, 15) is 9.90 Å². The third-order valence-electron chi connectivity index (χ3n) is 2.49.